The van der Waals surface area contributed by atoms with Gasteiger partial charge >= 0.3 is 0 Å². The molecule has 7 heteroatoms. The molecule has 130 valence electrons. The minimum Gasteiger partial charge on any atom is -0.351 e. The third-order valence-electron chi connectivity index (χ3n) is 4.02. The topological polar surface area (TPSA) is 50.5 Å². The first-order valence-electron chi connectivity index (χ1n) is 8.00. The summed E-state index contributed by atoms with van der Waals surface area (Å²) in [5.41, 5.74) is 2.94. The van der Waals surface area contributed by atoms with E-state index in [0.29, 0.717) is 15.2 Å². The monoisotopic (exact) mass is 380 g/mol. The lowest BCUT2D eigenvalue weighted by molar-refractivity contribution is -0.121. The zero-order valence-corrected chi connectivity index (χ0v) is 15.9. The highest BCUT2D eigenvalue weighted by atomic mass is 32.2. The van der Waals surface area contributed by atoms with Crippen LogP contribution in [0.3, 0.4) is 0 Å². The number of amides is 1. The van der Waals surface area contributed by atoms with Crippen molar-refractivity contribution < 1.29 is 4.79 Å². The molecule has 0 saturated carbocycles. The molecule has 3 aromatic rings. The molecule has 3 heterocycles. The molecule has 26 heavy (non-hydrogen) atoms. The molecule has 1 aliphatic heterocycles. The van der Waals surface area contributed by atoms with Gasteiger partial charge in [-0.2, -0.15) is 4.99 Å². The molecule has 0 bridgehead atoms. The van der Waals surface area contributed by atoms with Crippen LogP contribution >= 0.6 is 23.1 Å². The molecule has 0 aliphatic carbocycles. The number of aromatic nitrogens is 2. The Balaban J connectivity index is 1.60. The maximum Gasteiger partial charge on any atom is 0.266 e. The number of carbonyl (C=O) groups excluding carboxylic acids is 1. The van der Waals surface area contributed by atoms with Gasteiger partial charge in [0.25, 0.3) is 5.91 Å². The van der Waals surface area contributed by atoms with Gasteiger partial charge in [-0.3, -0.25) is 9.69 Å². The Morgan fingerprint density at radius 2 is 1.92 bits per heavy atom. The summed E-state index contributed by atoms with van der Waals surface area (Å²) in [5, 5.41) is 3.27. The summed E-state index contributed by atoms with van der Waals surface area (Å²) < 4.78 is 1.98. The van der Waals surface area contributed by atoms with Crippen LogP contribution in [0.15, 0.2) is 63.9 Å². The molecule has 0 spiro atoms. The van der Waals surface area contributed by atoms with Crippen LogP contribution < -0.4 is 0 Å². The van der Waals surface area contributed by atoms with Crippen molar-refractivity contribution in [1.29, 1.82) is 0 Å². The van der Waals surface area contributed by atoms with Gasteiger partial charge in [0, 0.05) is 36.9 Å². The molecule has 0 unspecified atom stereocenters. The Kier molecular flexibility index (Phi) is 4.48. The smallest absolute Gasteiger partial charge is 0.266 e. The van der Waals surface area contributed by atoms with Crippen molar-refractivity contribution in [3.63, 3.8) is 0 Å². The molecule has 2 aromatic heterocycles. The highest BCUT2D eigenvalue weighted by Gasteiger charge is 2.30. The van der Waals surface area contributed by atoms with E-state index in [2.05, 4.69) is 9.98 Å². The first-order valence-corrected chi connectivity index (χ1v) is 9.70. The summed E-state index contributed by atoms with van der Waals surface area (Å²) in [6.07, 6.45) is 3.85. The van der Waals surface area contributed by atoms with E-state index in [0.717, 1.165) is 17.0 Å². The van der Waals surface area contributed by atoms with Crippen molar-refractivity contribution in [3.8, 4) is 11.3 Å². The summed E-state index contributed by atoms with van der Waals surface area (Å²) >= 11 is 2.84. The molecule has 0 atom stereocenters. The van der Waals surface area contributed by atoms with E-state index >= 15 is 0 Å². The number of nitrogens with zero attached hydrogens (tertiary/aromatic N) is 4. The fourth-order valence-electron chi connectivity index (χ4n) is 2.55. The SMILES string of the molecule is CN1C(=O)/C(=C\c2cccn2C)S/C1=N/c1nc(-c2ccccc2)cs1. The first-order chi connectivity index (χ1) is 12.6. The van der Waals surface area contributed by atoms with Gasteiger partial charge in [0.05, 0.1) is 10.6 Å². The third-order valence-corrected chi connectivity index (χ3v) is 5.81. The van der Waals surface area contributed by atoms with Crippen LogP contribution in [0, 0.1) is 0 Å². The van der Waals surface area contributed by atoms with Gasteiger partial charge in [-0.25, -0.2) is 4.98 Å². The Morgan fingerprint density at radius 3 is 2.65 bits per heavy atom. The summed E-state index contributed by atoms with van der Waals surface area (Å²) in [6, 6.07) is 13.9. The number of rotatable bonds is 3. The van der Waals surface area contributed by atoms with Crippen LogP contribution in [0.1, 0.15) is 5.69 Å². The average Bonchev–Trinajstić information content (AvgIpc) is 3.35. The van der Waals surface area contributed by atoms with Gasteiger partial charge in [0.1, 0.15) is 0 Å². The van der Waals surface area contributed by atoms with Crippen molar-refractivity contribution in [2.75, 3.05) is 7.05 Å². The van der Waals surface area contributed by atoms with E-state index in [1.807, 2.05) is 71.7 Å². The molecule has 1 aliphatic rings. The summed E-state index contributed by atoms with van der Waals surface area (Å²) in [5.74, 6) is -0.0465. The largest absolute Gasteiger partial charge is 0.351 e. The quantitative estimate of drug-likeness (QED) is 0.634. The fourth-order valence-corrected chi connectivity index (χ4v) is 4.26. The highest BCUT2D eigenvalue weighted by Crippen LogP contribution is 2.34. The number of thioether (sulfide) groups is 1. The van der Waals surface area contributed by atoms with E-state index < -0.39 is 0 Å². The minimum absolute atomic E-state index is 0.0465. The lowest BCUT2D eigenvalue weighted by atomic mass is 10.2. The zero-order chi connectivity index (χ0) is 18.1. The van der Waals surface area contributed by atoms with Gasteiger partial charge in [-0.15, -0.1) is 11.3 Å². The number of benzene rings is 1. The summed E-state index contributed by atoms with van der Waals surface area (Å²) in [7, 11) is 3.70. The molecule has 5 nitrogen and oxygen atoms in total. The van der Waals surface area contributed by atoms with E-state index in [1.54, 1.807) is 11.9 Å². The van der Waals surface area contributed by atoms with Gasteiger partial charge in [-0.05, 0) is 30.0 Å². The van der Waals surface area contributed by atoms with Crippen LogP contribution in [0.5, 0.6) is 0 Å². The lowest BCUT2D eigenvalue weighted by Crippen LogP contribution is -2.23. The van der Waals surface area contributed by atoms with Crippen molar-refractivity contribution in [2.24, 2.45) is 12.0 Å². The normalized spacial score (nSPS) is 17.6. The number of thiazole rings is 1. The number of aryl methyl sites for hydroxylation is 1. The molecule has 1 amide bonds. The Morgan fingerprint density at radius 1 is 1.12 bits per heavy atom. The van der Waals surface area contributed by atoms with Crippen molar-refractivity contribution in [3.05, 3.63) is 64.6 Å². The third kappa shape index (κ3) is 3.23. The first kappa shape index (κ1) is 16.8. The zero-order valence-electron chi connectivity index (χ0n) is 14.3. The number of hydrogen-bond donors (Lipinski definition) is 0. The second-order valence-electron chi connectivity index (χ2n) is 5.79. The average molecular weight is 380 g/mol. The standard InChI is InChI=1S/C19H16N4OS2/c1-22-10-6-9-14(22)11-16-17(24)23(2)19(26-16)21-18-20-15(12-25-18)13-7-4-3-5-8-13/h3-12H,1-2H3/b16-11+,21-19+. The molecule has 1 saturated heterocycles. The molecule has 0 N–H and O–H groups in total. The maximum atomic E-state index is 12.5. The number of amidine groups is 1. The van der Waals surface area contributed by atoms with E-state index in [4.69, 9.17) is 0 Å². The fraction of sp³-hybridized carbons (Fsp3) is 0.105. The van der Waals surface area contributed by atoms with Crippen LogP contribution in [0.25, 0.3) is 17.3 Å². The predicted octanol–water partition coefficient (Wildman–Crippen LogP) is 4.38. The Labute approximate surface area is 159 Å². The van der Waals surface area contributed by atoms with E-state index in [-0.39, 0.29) is 5.91 Å². The van der Waals surface area contributed by atoms with Crippen molar-refractivity contribution in [1.82, 2.24) is 14.5 Å². The number of likely N-dealkylation sites (N-methyl/N-ethyl adjacent to an activating group) is 1. The Bertz CT molecular complexity index is 1020. The number of aliphatic imine (C=N–C) groups is 1. The molecular formula is C19H16N4OS2. The van der Waals surface area contributed by atoms with Gasteiger partial charge < -0.3 is 4.57 Å². The van der Waals surface area contributed by atoms with Gasteiger partial charge in [0.2, 0.25) is 5.13 Å². The van der Waals surface area contributed by atoms with Crippen molar-refractivity contribution in [2.45, 2.75) is 0 Å². The van der Waals surface area contributed by atoms with Gasteiger partial charge in [0.15, 0.2) is 5.17 Å². The van der Waals surface area contributed by atoms with Crippen LogP contribution in [0.2, 0.25) is 0 Å². The molecule has 0 radical (unpaired) electrons. The highest BCUT2D eigenvalue weighted by molar-refractivity contribution is 8.18. The van der Waals surface area contributed by atoms with Crippen LogP contribution in [-0.2, 0) is 11.8 Å². The molecule has 4 rings (SSSR count). The minimum atomic E-state index is -0.0465. The molecule has 1 aromatic carbocycles. The molecule has 1 fully saturated rings. The van der Waals surface area contributed by atoms with E-state index in [9.17, 15) is 4.79 Å². The van der Waals surface area contributed by atoms with Crippen molar-refractivity contribution >= 4 is 45.4 Å². The number of carbonyl (C=O) groups is 1. The van der Waals surface area contributed by atoms with Gasteiger partial charge in [-0.1, -0.05) is 30.3 Å². The lowest BCUT2D eigenvalue weighted by Gasteiger charge is -2.05. The number of hydrogen-bond acceptors (Lipinski definition) is 5. The molecular weight excluding hydrogens is 364 g/mol. The van der Waals surface area contributed by atoms with Crippen LogP contribution in [-0.4, -0.2) is 32.6 Å². The summed E-state index contributed by atoms with van der Waals surface area (Å²) in [4.78, 5) is 23.9. The Hall–Kier alpha value is -2.64. The second-order valence-corrected chi connectivity index (χ2v) is 7.64. The predicted molar refractivity (Wildman–Crippen MR) is 108 cm³/mol. The van der Waals surface area contributed by atoms with Crippen LogP contribution in [0.4, 0.5) is 5.13 Å². The summed E-state index contributed by atoms with van der Waals surface area (Å²) in [6.45, 7) is 0. The second kappa shape index (κ2) is 6.93. The maximum absolute atomic E-state index is 12.5. The van der Waals surface area contributed by atoms with E-state index in [1.165, 1.54) is 23.1 Å².